The summed E-state index contributed by atoms with van der Waals surface area (Å²) in [5.41, 5.74) is 0. The second-order valence-electron chi connectivity index (χ2n) is 6.40. The van der Waals surface area contributed by atoms with Crippen LogP contribution in [-0.2, 0) is 6.54 Å². The first-order valence-electron chi connectivity index (χ1n) is 7.68. The average molecular weight is 306 g/mol. The summed E-state index contributed by atoms with van der Waals surface area (Å²) in [6.45, 7) is 2.10. The Morgan fingerprint density at radius 2 is 2.10 bits per heavy atom. The highest BCUT2D eigenvalue weighted by atomic mass is 35.5. The largest absolute Gasteiger partial charge is 0.312 e. The molecule has 2 aliphatic carbocycles. The number of rotatable bonds is 4. The maximum atomic E-state index is 6.49. The van der Waals surface area contributed by atoms with E-state index in [1.54, 1.807) is 0 Å². The smallest absolute Gasteiger partial charge is 0.0636 e. The summed E-state index contributed by atoms with van der Waals surface area (Å²) in [6, 6.07) is 8.42. The van der Waals surface area contributed by atoms with E-state index in [1.807, 2.05) is 11.3 Å². The highest BCUT2D eigenvalue weighted by molar-refractivity contribution is 7.19. The number of halogens is 1. The van der Waals surface area contributed by atoms with Gasteiger partial charge in [0, 0.05) is 21.5 Å². The molecule has 2 aliphatic rings. The molecule has 0 saturated heterocycles. The van der Waals surface area contributed by atoms with Crippen molar-refractivity contribution < 1.29 is 0 Å². The minimum atomic E-state index is 0.918. The number of hydrogen-bond acceptors (Lipinski definition) is 2. The molecule has 20 heavy (non-hydrogen) atoms. The Labute approximate surface area is 129 Å². The minimum Gasteiger partial charge on any atom is -0.312 e. The lowest BCUT2D eigenvalue weighted by Crippen LogP contribution is -2.25. The molecule has 2 saturated carbocycles. The first kappa shape index (κ1) is 13.1. The van der Waals surface area contributed by atoms with Crippen LogP contribution in [0.1, 0.15) is 30.6 Å². The summed E-state index contributed by atoms with van der Waals surface area (Å²) >= 11 is 8.31. The lowest BCUT2D eigenvalue weighted by molar-refractivity contribution is 0.319. The molecule has 106 valence electrons. The SMILES string of the molecule is Clc1c(CNCC2CC3CCC2C3)sc2ccccc12. The zero-order valence-corrected chi connectivity index (χ0v) is 13.1. The number of thiophene rings is 1. The predicted molar refractivity (Wildman–Crippen MR) is 87.5 cm³/mol. The van der Waals surface area contributed by atoms with Crippen LogP contribution in [0.2, 0.25) is 5.02 Å². The van der Waals surface area contributed by atoms with Crippen LogP contribution >= 0.6 is 22.9 Å². The van der Waals surface area contributed by atoms with Crippen LogP contribution in [0.3, 0.4) is 0 Å². The molecular formula is C17H20ClNS. The molecule has 3 unspecified atom stereocenters. The summed E-state index contributed by atoms with van der Waals surface area (Å²) in [5.74, 6) is 2.96. The van der Waals surface area contributed by atoms with Gasteiger partial charge in [-0.05, 0) is 49.6 Å². The molecule has 1 nitrogen and oxygen atoms in total. The van der Waals surface area contributed by atoms with Gasteiger partial charge in [0.25, 0.3) is 0 Å². The van der Waals surface area contributed by atoms with Gasteiger partial charge in [-0.1, -0.05) is 36.2 Å². The van der Waals surface area contributed by atoms with Gasteiger partial charge in [0.1, 0.15) is 0 Å². The number of benzene rings is 1. The molecule has 1 aromatic heterocycles. The fraction of sp³-hybridized carbons (Fsp3) is 0.529. The molecule has 3 heteroatoms. The zero-order chi connectivity index (χ0) is 13.5. The second kappa shape index (κ2) is 5.32. The van der Waals surface area contributed by atoms with Gasteiger partial charge in [0.05, 0.1) is 5.02 Å². The van der Waals surface area contributed by atoms with E-state index in [9.17, 15) is 0 Å². The van der Waals surface area contributed by atoms with Crippen molar-refractivity contribution >= 4 is 33.0 Å². The quantitative estimate of drug-likeness (QED) is 0.830. The molecule has 0 amide bonds. The van der Waals surface area contributed by atoms with Gasteiger partial charge in [0.15, 0.2) is 0 Å². The number of fused-ring (bicyclic) bond motifs is 3. The van der Waals surface area contributed by atoms with Crippen molar-refractivity contribution in [2.24, 2.45) is 17.8 Å². The molecule has 2 fully saturated rings. The highest BCUT2D eigenvalue weighted by Gasteiger charge is 2.38. The predicted octanol–water partition coefficient (Wildman–Crippen LogP) is 5.08. The van der Waals surface area contributed by atoms with E-state index < -0.39 is 0 Å². The van der Waals surface area contributed by atoms with E-state index >= 15 is 0 Å². The maximum absolute atomic E-state index is 6.49. The first-order valence-corrected chi connectivity index (χ1v) is 8.87. The Balaban J connectivity index is 1.40. The van der Waals surface area contributed by atoms with Crippen LogP contribution in [-0.4, -0.2) is 6.54 Å². The monoisotopic (exact) mass is 305 g/mol. The first-order chi connectivity index (χ1) is 9.81. The van der Waals surface area contributed by atoms with Gasteiger partial charge < -0.3 is 5.32 Å². The Kier molecular flexibility index (Phi) is 3.49. The van der Waals surface area contributed by atoms with Crippen molar-refractivity contribution in [3.05, 3.63) is 34.2 Å². The van der Waals surface area contributed by atoms with Crippen LogP contribution in [0.25, 0.3) is 10.1 Å². The van der Waals surface area contributed by atoms with E-state index in [0.29, 0.717) is 0 Å². The van der Waals surface area contributed by atoms with Gasteiger partial charge in [-0.2, -0.15) is 0 Å². The lowest BCUT2D eigenvalue weighted by Gasteiger charge is -2.21. The van der Waals surface area contributed by atoms with Crippen LogP contribution in [0.5, 0.6) is 0 Å². The van der Waals surface area contributed by atoms with Crippen molar-refractivity contribution in [2.45, 2.75) is 32.2 Å². The van der Waals surface area contributed by atoms with Gasteiger partial charge in [-0.15, -0.1) is 11.3 Å². The molecule has 4 rings (SSSR count). The summed E-state index contributed by atoms with van der Waals surface area (Å²) < 4.78 is 1.30. The van der Waals surface area contributed by atoms with Gasteiger partial charge in [-0.3, -0.25) is 0 Å². The van der Waals surface area contributed by atoms with E-state index in [2.05, 4.69) is 29.6 Å². The molecule has 3 atom stereocenters. The van der Waals surface area contributed by atoms with Gasteiger partial charge in [-0.25, -0.2) is 0 Å². The van der Waals surface area contributed by atoms with Gasteiger partial charge in [0.2, 0.25) is 0 Å². The molecule has 1 N–H and O–H groups in total. The molecule has 0 radical (unpaired) electrons. The van der Waals surface area contributed by atoms with Crippen molar-refractivity contribution in [1.82, 2.24) is 5.32 Å². The Hall–Kier alpha value is -0.570. The van der Waals surface area contributed by atoms with Crippen molar-refractivity contribution in [3.63, 3.8) is 0 Å². The highest BCUT2D eigenvalue weighted by Crippen LogP contribution is 2.48. The van der Waals surface area contributed by atoms with Crippen LogP contribution < -0.4 is 5.32 Å². The second-order valence-corrected chi connectivity index (χ2v) is 7.92. The topological polar surface area (TPSA) is 12.0 Å². The van der Waals surface area contributed by atoms with E-state index in [-0.39, 0.29) is 0 Å². The summed E-state index contributed by atoms with van der Waals surface area (Å²) in [5, 5.41) is 5.81. The van der Waals surface area contributed by atoms with Crippen molar-refractivity contribution in [1.29, 1.82) is 0 Å². The maximum Gasteiger partial charge on any atom is 0.0636 e. The van der Waals surface area contributed by atoms with E-state index in [4.69, 9.17) is 11.6 Å². The Morgan fingerprint density at radius 3 is 2.85 bits per heavy atom. The van der Waals surface area contributed by atoms with Gasteiger partial charge >= 0.3 is 0 Å². The Bertz CT molecular complexity index is 620. The fourth-order valence-electron chi connectivity index (χ4n) is 4.18. The van der Waals surface area contributed by atoms with Crippen LogP contribution in [0.4, 0.5) is 0 Å². The number of nitrogens with one attached hydrogen (secondary N) is 1. The lowest BCUT2D eigenvalue weighted by atomic mass is 9.89. The standard InChI is InChI=1S/C17H20ClNS/c18-17-14-3-1-2-4-15(14)20-16(17)10-19-9-13-8-11-5-6-12(13)7-11/h1-4,11-13,19H,5-10H2. The van der Waals surface area contributed by atoms with Crippen molar-refractivity contribution in [2.75, 3.05) is 6.54 Å². The summed E-state index contributed by atoms with van der Waals surface area (Å²) in [6.07, 6.45) is 5.91. The molecule has 2 aromatic rings. The molecular weight excluding hydrogens is 286 g/mol. The average Bonchev–Trinajstić information content (AvgIpc) is 3.15. The fourth-order valence-corrected chi connectivity index (χ4v) is 5.65. The van der Waals surface area contributed by atoms with E-state index in [0.717, 1.165) is 29.3 Å². The van der Waals surface area contributed by atoms with Crippen LogP contribution in [0.15, 0.2) is 24.3 Å². The normalized spacial score (nSPS) is 28.6. The summed E-state index contributed by atoms with van der Waals surface area (Å²) in [7, 11) is 0. The van der Waals surface area contributed by atoms with Crippen LogP contribution in [0, 0.1) is 17.8 Å². The molecule has 1 aromatic carbocycles. The third kappa shape index (κ3) is 2.28. The van der Waals surface area contributed by atoms with Crippen molar-refractivity contribution in [3.8, 4) is 0 Å². The molecule has 0 aliphatic heterocycles. The number of hydrogen-bond donors (Lipinski definition) is 1. The van der Waals surface area contributed by atoms with E-state index in [1.165, 1.54) is 47.2 Å². The molecule has 1 heterocycles. The molecule has 2 bridgehead atoms. The third-order valence-corrected chi connectivity index (χ3v) is 6.89. The molecule has 0 spiro atoms. The zero-order valence-electron chi connectivity index (χ0n) is 11.6. The minimum absolute atomic E-state index is 0.918. The third-order valence-electron chi connectivity index (χ3n) is 5.18. The summed E-state index contributed by atoms with van der Waals surface area (Å²) in [4.78, 5) is 1.29. The Morgan fingerprint density at radius 1 is 1.20 bits per heavy atom.